The average molecular weight is 528 g/mol. The number of sulfone groups is 1. The van der Waals surface area contributed by atoms with E-state index < -0.39 is 32.8 Å². The van der Waals surface area contributed by atoms with E-state index in [0.29, 0.717) is 28.6 Å². The predicted molar refractivity (Wildman–Crippen MR) is 134 cm³/mol. The Bertz CT molecular complexity index is 1490. The highest BCUT2D eigenvalue weighted by Crippen LogP contribution is 2.37. The van der Waals surface area contributed by atoms with E-state index in [0.717, 1.165) is 17.8 Å². The molecule has 37 heavy (non-hydrogen) atoms. The lowest BCUT2D eigenvalue weighted by Gasteiger charge is -2.20. The molecule has 3 aromatic heterocycles. The predicted octanol–water partition coefficient (Wildman–Crippen LogP) is 3.23. The first-order valence-electron chi connectivity index (χ1n) is 11.2. The molecular formula is C25H26FN5O5S. The van der Waals surface area contributed by atoms with E-state index in [2.05, 4.69) is 20.2 Å². The zero-order chi connectivity index (χ0) is 26.7. The van der Waals surface area contributed by atoms with Crippen molar-refractivity contribution in [1.29, 1.82) is 0 Å². The van der Waals surface area contributed by atoms with Crippen LogP contribution in [-0.4, -0.2) is 57.7 Å². The van der Waals surface area contributed by atoms with Gasteiger partial charge in [-0.3, -0.25) is 14.5 Å². The highest BCUT2D eigenvalue weighted by Gasteiger charge is 2.33. The number of nitrogens with zero attached hydrogens (tertiary/aromatic N) is 5. The summed E-state index contributed by atoms with van der Waals surface area (Å²) >= 11 is 0. The third-order valence-electron chi connectivity index (χ3n) is 5.88. The van der Waals surface area contributed by atoms with Gasteiger partial charge in [0.2, 0.25) is 0 Å². The average Bonchev–Trinajstić information content (AvgIpc) is 3.29. The van der Waals surface area contributed by atoms with Gasteiger partial charge in [-0.05, 0) is 49.7 Å². The number of halogens is 1. The Kier molecular flexibility index (Phi) is 7.50. The largest absolute Gasteiger partial charge is 0.494 e. The number of pyridine rings is 2. The molecule has 194 valence electrons. The molecule has 10 nitrogen and oxygen atoms in total. The summed E-state index contributed by atoms with van der Waals surface area (Å²) in [6.07, 6.45) is 2.72. The van der Waals surface area contributed by atoms with Crippen molar-refractivity contribution in [3.05, 3.63) is 77.9 Å². The number of aromatic nitrogens is 5. The molecule has 0 bridgehead atoms. The van der Waals surface area contributed by atoms with E-state index in [9.17, 15) is 17.9 Å². The molecule has 1 N–H and O–H groups in total. The first-order valence-corrected chi connectivity index (χ1v) is 13.0. The SMILES string of the molecule is COc1cccc(OC)c1-n1c(CS(=O)(=O)[C@@H](C)[C@@H](O)c2ccc(F)cn2)nnc1-c1cncc(C)c1. The van der Waals surface area contributed by atoms with Gasteiger partial charge in [0, 0.05) is 18.0 Å². The van der Waals surface area contributed by atoms with Gasteiger partial charge in [0.1, 0.15) is 34.9 Å². The maximum absolute atomic E-state index is 13.5. The van der Waals surface area contributed by atoms with Crippen molar-refractivity contribution in [2.75, 3.05) is 14.2 Å². The van der Waals surface area contributed by atoms with Crippen LogP contribution in [0.5, 0.6) is 11.5 Å². The number of hydrogen-bond acceptors (Lipinski definition) is 9. The second-order valence-electron chi connectivity index (χ2n) is 8.40. The molecule has 0 unspecified atom stereocenters. The third kappa shape index (κ3) is 5.30. The Morgan fingerprint density at radius 2 is 1.76 bits per heavy atom. The third-order valence-corrected chi connectivity index (χ3v) is 7.93. The van der Waals surface area contributed by atoms with Crippen molar-refractivity contribution in [2.24, 2.45) is 0 Å². The Balaban J connectivity index is 1.83. The van der Waals surface area contributed by atoms with Gasteiger partial charge in [-0.1, -0.05) is 6.07 Å². The Morgan fingerprint density at radius 1 is 1.05 bits per heavy atom. The molecule has 0 fully saturated rings. The van der Waals surface area contributed by atoms with Crippen molar-refractivity contribution in [1.82, 2.24) is 24.7 Å². The number of methoxy groups -OCH3 is 2. The maximum Gasteiger partial charge on any atom is 0.170 e. The van der Waals surface area contributed by atoms with Crippen LogP contribution in [0.4, 0.5) is 4.39 Å². The van der Waals surface area contributed by atoms with Crippen LogP contribution in [0.2, 0.25) is 0 Å². The molecule has 4 aromatic rings. The van der Waals surface area contributed by atoms with Crippen molar-refractivity contribution in [3.8, 4) is 28.6 Å². The lowest BCUT2D eigenvalue weighted by Crippen LogP contribution is -2.28. The summed E-state index contributed by atoms with van der Waals surface area (Å²) in [5.41, 5.74) is 1.92. The van der Waals surface area contributed by atoms with Crippen LogP contribution in [-0.2, 0) is 15.6 Å². The van der Waals surface area contributed by atoms with E-state index in [-0.39, 0.29) is 11.5 Å². The minimum Gasteiger partial charge on any atom is -0.494 e. The topological polar surface area (TPSA) is 129 Å². The lowest BCUT2D eigenvalue weighted by molar-refractivity contribution is 0.171. The molecule has 2 atom stereocenters. The zero-order valence-corrected chi connectivity index (χ0v) is 21.5. The summed E-state index contributed by atoms with van der Waals surface area (Å²) in [6.45, 7) is 3.24. The monoisotopic (exact) mass is 527 g/mol. The van der Waals surface area contributed by atoms with E-state index in [1.807, 2.05) is 13.0 Å². The minimum absolute atomic E-state index is 0.0388. The van der Waals surface area contributed by atoms with Crippen molar-refractivity contribution in [2.45, 2.75) is 31.0 Å². The molecule has 1 aromatic carbocycles. The van der Waals surface area contributed by atoms with Gasteiger partial charge in [-0.2, -0.15) is 0 Å². The molecule has 0 saturated carbocycles. The Hall–Kier alpha value is -3.90. The summed E-state index contributed by atoms with van der Waals surface area (Å²) in [7, 11) is -1.05. The van der Waals surface area contributed by atoms with Gasteiger partial charge < -0.3 is 14.6 Å². The number of hydrogen-bond donors (Lipinski definition) is 1. The first-order chi connectivity index (χ1) is 17.7. The van der Waals surface area contributed by atoms with Crippen LogP contribution in [0.25, 0.3) is 17.1 Å². The van der Waals surface area contributed by atoms with Gasteiger partial charge in [0.05, 0.1) is 31.4 Å². The van der Waals surface area contributed by atoms with E-state index in [1.54, 1.807) is 35.2 Å². The number of benzene rings is 1. The van der Waals surface area contributed by atoms with Crippen LogP contribution in [0.15, 0.2) is 55.0 Å². The van der Waals surface area contributed by atoms with Crippen LogP contribution >= 0.6 is 0 Å². The number of ether oxygens (including phenoxy) is 2. The molecule has 4 rings (SSSR count). The lowest BCUT2D eigenvalue weighted by atomic mass is 10.2. The number of rotatable bonds is 9. The number of aliphatic hydroxyl groups excluding tert-OH is 1. The summed E-state index contributed by atoms with van der Waals surface area (Å²) in [6, 6.07) is 9.36. The molecular weight excluding hydrogens is 501 g/mol. The first kappa shape index (κ1) is 26.2. The molecule has 0 saturated heterocycles. The standard InChI is InChI=1S/C25H26FN5O5S/c1-15-10-17(12-27-11-15)25-30-29-22(31(25)23-20(35-3)6-5-7-21(23)36-4)14-37(33,34)16(2)24(32)19-9-8-18(26)13-28-19/h5-13,16,24,32H,14H2,1-4H3/t16-,24+/m0/s1. The van der Waals surface area contributed by atoms with Crippen molar-refractivity contribution < 1.29 is 27.4 Å². The van der Waals surface area contributed by atoms with Crippen LogP contribution in [0.1, 0.15) is 30.1 Å². The normalized spacial score (nSPS) is 13.2. The highest BCUT2D eigenvalue weighted by molar-refractivity contribution is 7.91. The molecule has 0 aliphatic rings. The molecule has 3 heterocycles. The van der Waals surface area contributed by atoms with E-state index >= 15 is 0 Å². The number of para-hydroxylation sites is 1. The summed E-state index contributed by atoms with van der Waals surface area (Å²) in [5.74, 6) is 0.0536. The van der Waals surface area contributed by atoms with E-state index in [1.165, 1.54) is 27.2 Å². The van der Waals surface area contributed by atoms with Crippen LogP contribution in [0, 0.1) is 12.7 Å². The van der Waals surface area contributed by atoms with Gasteiger partial charge in [-0.25, -0.2) is 12.8 Å². The molecule has 0 aliphatic carbocycles. The van der Waals surface area contributed by atoms with Gasteiger partial charge in [0.25, 0.3) is 0 Å². The fourth-order valence-electron chi connectivity index (χ4n) is 3.87. The number of aryl methyl sites for hydroxylation is 1. The molecule has 12 heteroatoms. The highest BCUT2D eigenvalue weighted by atomic mass is 32.2. The van der Waals surface area contributed by atoms with Gasteiger partial charge in [-0.15, -0.1) is 10.2 Å². The van der Waals surface area contributed by atoms with Crippen molar-refractivity contribution in [3.63, 3.8) is 0 Å². The Labute approximate surface area is 213 Å². The molecule has 0 spiro atoms. The van der Waals surface area contributed by atoms with Gasteiger partial charge in [0.15, 0.2) is 21.5 Å². The summed E-state index contributed by atoms with van der Waals surface area (Å²) in [5, 5.41) is 17.9. The van der Waals surface area contributed by atoms with Gasteiger partial charge >= 0.3 is 0 Å². The van der Waals surface area contributed by atoms with Crippen molar-refractivity contribution >= 4 is 9.84 Å². The second kappa shape index (κ2) is 10.6. The fourth-order valence-corrected chi connectivity index (χ4v) is 5.21. The molecule has 0 amide bonds. The molecule has 0 radical (unpaired) electrons. The smallest absolute Gasteiger partial charge is 0.170 e. The molecule has 0 aliphatic heterocycles. The fraction of sp³-hybridized carbons (Fsp3) is 0.280. The van der Waals surface area contributed by atoms with E-state index in [4.69, 9.17) is 9.47 Å². The summed E-state index contributed by atoms with van der Waals surface area (Å²) < 4.78 is 52.9. The quantitative estimate of drug-likeness (QED) is 0.349. The second-order valence-corrected chi connectivity index (χ2v) is 10.8. The number of aliphatic hydroxyl groups is 1. The Morgan fingerprint density at radius 3 is 2.35 bits per heavy atom. The summed E-state index contributed by atoms with van der Waals surface area (Å²) in [4.78, 5) is 8.05. The maximum atomic E-state index is 13.5. The minimum atomic E-state index is -4.02. The van der Waals surface area contributed by atoms with Crippen LogP contribution in [0.3, 0.4) is 0 Å². The zero-order valence-electron chi connectivity index (χ0n) is 20.7. The van der Waals surface area contributed by atoms with Crippen LogP contribution < -0.4 is 9.47 Å².